The van der Waals surface area contributed by atoms with Crippen LogP contribution in [0.3, 0.4) is 0 Å². The van der Waals surface area contributed by atoms with Gasteiger partial charge in [0.1, 0.15) is 13.1 Å². The Bertz CT molecular complexity index is 1110. The van der Waals surface area contributed by atoms with E-state index in [9.17, 15) is 4.79 Å². The maximum absolute atomic E-state index is 13.2. The Balaban J connectivity index is 0.00000304. The fraction of sp³-hybridized carbons (Fsp3) is 0.387. The first-order valence-corrected chi connectivity index (χ1v) is 12.8. The standard InChI is InChI=1S/C31H36NO3.BrH/c1-34-29-19-26-18-27(31(33)28(26)20-30(29)35-2)17-23-13-15-32(16-14-23,21-24-9-5-3-6-10-24)22-25-11-7-4-8-12-25;/h3-12,19-20,23,27H,13-18,21-22H2,1-2H3;1H/q+1;/p-1. The fourth-order valence-electron chi connectivity index (χ4n) is 6.21. The summed E-state index contributed by atoms with van der Waals surface area (Å²) in [6.07, 6.45) is 4.15. The van der Waals surface area contributed by atoms with Crippen molar-refractivity contribution in [3.63, 3.8) is 0 Å². The zero-order valence-electron chi connectivity index (χ0n) is 21.3. The van der Waals surface area contributed by atoms with Gasteiger partial charge in [-0.1, -0.05) is 60.7 Å². The van der Waals surface area contributed by atoms with Gasteiger partial charge in [0, 0.05) is 22.6 Å². The first-order valence-electron chi connectivity index (χ1n) is 12.8. The van der Waals surface area contributed by atoms with E-state index < -0.39 is 0 Å². The summed E-state index contributed by atoms with van der Waals surface area (Å²) in [5.74, 6) is 2.30. The fourth-order valence-corrected chi connectivity index (χ4v) is 6.21. The molecule has 36 heavy (non-hydrogen) atoms. The predicted molar refractivity (Wildman–Crippen MR) is 139 cm³/mol. The van der Waals surface area contributed by atoms with Gasteiger partial charge in [-0.25, -0.2) is 0 Å². The van der Waals surface area contributed by atoms with Gasteiger partial charge >= 0.3 is 0 Å². The third-order valence-electron chi connectivity index (χ3n) is 8.07. The molecule has 0 N–H and O–H groups in total. The van der Waals surface area contributed by atoms with Crippen LogP contribution >= 0.6 is 0 Å². The highest BCUT2D eigenvalue weighted by molar-refractivity contribution is 6.02. The maximum Gasteiger partial charge on any atom is 0.166 e. The lowest BCUT2D eigenvalue weighted by Gasteiger charge is -2.44. The van der Waals surface area contributed by atoms with Gasteiger partial charge in [0.25, 0.3) is 0 Å². The molecule has 0 amide bonds. The van der Waals surface area contributed by atoms with E-state index >= 15 is 0 Å². The van der Waals surface area contributed by atoms with Crippen molar-refractivity contribution in [1.82, 2.24) is 0 Å². The molecule has 0 aromatic heterocycles. The average molecular weight is 551 g/mol. The zero-order chi connectivity index (χ0) is 24.3. The minimum absolute atomic E-state index is 0. The van der Waals surface area contributed by atoms with Crippen LogP contribution in [0.2, 0.25) is 0 Å². The summed E-state index contributed by atoms with van der Waals surface area (Å²) in [5, 5.41) is 0. The second kappa shape index (κ2) is 11.6. The first-order chi connectivity index (χ1) is 17.1. The van der Waals surface area contributed by atoms with E-state index in [-0.39, 0.29) is 28.7 Å². The smallest absolute Gasteiger partial charge is 0.166 e. The monoisotopic (exact) mass is 549 g/mol. The number of Topliss-reactive ketones (excluding diaryl/α,β-unsaturated/α-hetero) is 1. The van der Waals surface area contributed by atoms with Gasteiger partial charge in [0.2, 0.25) is 0 Å². The van der Waals surface area contributed by atoms with E-state index in [4.69, 9.17) is 9.47 Å². The zero-order valence-corrected chi connectivity index (χ0v) is 22.9. The Morgan fingerprint density at radius 1 is 0.806 bits per heavy atom. The Morgan fingerprint density at radius 2 is 1.33 bits per heavy atom. The van der Waals surface area contributed by atoms with Gasteiger partial charge in [0.15, 0.2) is 17.3 Å². The maximum atomic E-state index is 13.2. The summed E-state index contributed by atoms with van der Waals surface area (Å²) in [6, 6.07) is 25.7. The SMILES string of the molecule is COc1cc2c(cc1OC)C(=O)C(CC1CC[N+](Cc3ccccc3)(Cc3ccccc3)CC1)C2.[Br-]. The van der Waals surface area contributed by atoms with Crippen molar-refractivity contribution in [3.05, 3.63) is 95.1 Å². The highest BCUT2D eigenvalue weighted by atomic mass is 79.9. The summed E-state index contributed by atoms with van der Waals surface area (Å²) >= 11 is 0. The van der Waals surface area contributed by atoms with Crippen LogP contribution in [0.15, 0.2) is 72.8 Å². The molecule has 1 fully saturated rings. The molecule has 1 aliphatic heterocycles. The molecule has 1 atom stereocenters. The number of benzene rings is 3. The largest absolute Gasteiger partial charge is 1.00 e. The van der Waals surface area contributed by atoms with Crippen molar-refractivity contribution < 1.29 is 35.7 Å². The van der Waals surface area contributed by atoms with E-state index in [1.54, 1.807) is 14.2 Å². The quantitative estimate of drug-likeness (QED) is 0.405. The van der Waals surface area contributed by atoms with Crippen molar-refractivity contribution in [2.24, 2.45) is 11.8 Å². The van der Waals surface area contributed by atoms with Gasteiger partial charge in [-0.15, -0.1) is 0 Å². The van der Waals surface area contributed by atoms with Crippen LogP contribution < -0.4 is 26.5 Å². The predicted octanol–water partition coefficient (Wildman–Crippen LogP) is 3.08. The number of rotatable bonds is 8. The first kappa shape index (κ1) is 26.4. The molecule has 1 aliphatic carbocycles. The summed E-state index contributed by atoms with van der Waals surface area (Å²) in [7, 11) is 3.27. The summed E-state index contributed by atoms with van der Waals surface area (Å²) in [6.45, 7) is 4.44. The van der Waals surface area contributed by atoms with Crippen molar-refractivity contribution in [3.8, 4) is 11.5 Å². The van der Waals surface area contributed by atoms with E-state index in [0.717, 1.165) is 54.6 Å². The average Bonchev–Trinajstić information content (AvgIpc) is 3.19. The van der Waals surface area contributed by atoms with Crippen LogP contribution in [0.1, 0.15) is 46.3 Å². The molecule has 3 aromatic carbocycles. The summed E-state index contributed by atoms with van der Waals surface area (Å²) in [5.41, 5.74) is 4.74. The van der Waals surface area contributed by atoms with Gasteiger partial charge < -0.3 is 30.9 Å². The number of hydrogen-bond acceptors (Lipinski definition) is 3. The molecule has 5 heteroatoms. The number of piperidine rings is 1. The second-order valence-corrected chi connectivity index (χ2v) is 10.4. The van der Waals surface area contributed by atoms with Crippen molar-refractivity contribution in [2.75, 3.05) is 27.3 Å². The number of ketones is 1. The number of fused-ring (bicyclic) bond motifs is 1. The van der Waals surface area contributed by atoms with Gasteiger partial charge in [0.05, 0.1) is 27.3 Å². The molecule has 0 bridgehead atoms. The van der Waals surface area contributed by atoms with Crippen LogP contribution in [0.25, 0.3) is 0 Å². The second-order valence-electron chi connectivity index (χ2n) is 10.4. The molecule has 0 spiro atoms. The normalized spacial score (nSPS) is 18.8. The number of likely N-dealkylation sites (tertiary alicyclic amines) is 1. The molecule has 5 rings (SSSR count). The topological polar surface area (TPSA) is 35.5 Å². The van der Waals surface area contributed by atoms with Crippen molar-refractivity contribution >= 4 is 5.78 Å². The highest BCUT2D eigenvalue weighted by Gasteiger charge is 2.38. The number of ether oxygens (including phenoxy) is 2. The number of quaternary nitrogens is 1. The molecule has 4 nitrogen and oxygen atoms in total. The Labute approximate surface area is 225 Å². The molecule has 0 radical (unpaired) electrons. The van der Waals surface area contributed by atoms with E-state index in [0.29, 0.717) is 17.4 Å². The number of methoxy groups -OCH3 is 2. The lowest BCUT2D eigenvalue weighted by Crippen LogP contribution is -3.00. The summed E-state index contributed by atoms with van der Waals surface area (Å²) < 4.78 is 12.0. The van der Waals surface area contributed by atoms with Crippen molar-refractivity contribution in [1.29, 1.82) is 0 Å². The van der Waals surface area contributed by atoms with Crippen LogP contribution in [-0.4, -0.2) is 37.6 Å². The van der Waals surface area contributed by atoms with Gasteiger partial charge in [-0.2, -0.15) is 0 Å². The Morgan fingerprint density at radius 3 is 1.86 bits per heavy atom. The van der Waals surface area contributed by atoms with Crippen LogP contribution in [0.4, 0.5) is 0 Å². The molecule has 1 saturated heterocycles. The van der Waals surface area contributed by atoms with E-state index in [2.05, 4.69) is 60.7 Å². The number of carbonyl (C=O) groups excluding carboxylic acids is 1. The Kier molecular flexibility index (Phi) is 8.53. The molecular weight excluding hydrogens is 514 g/mol. The molecule has 1 heterocycles. The minimum Gasteiger partial charge on any atom is -1.00 e. The number of halogens is 1. The van der Waals surface area contributed by atoms with Gasteiger partial charge in [-0.05, 0) is 49.3 Å². The lowest BCUT2D eigenvalue weighted by atomic mass is 9.84. The van der Waals surface area contributed by atoms with Crippen LogP contribution in [0, 0.1) is 11.8 Å². The minimum atomic E-state index is 0. The molecule has 190 valence electrons. The summed E-state index contributed by atoms with van der Waals surface area (Å²) in [4.78, 5) is 13.2. The van der Waals surface area contributed by atoms with E-state index in [1.807, 2.05) is 12.1 Å². The van der Waals surface area contributed by atoms with Crippen LogP contribution in [0.5, 0.6) is 11.5 Å². The number of hydrogen-bond donors (Lipinski definition) is 0. The third-order valence-corrected chi connectivity index (χ3v) is 8.07. The Hall–Kier alpha value is -2.63. The number of nitrogens with zero attached hydrogens (tertiary/aromatic N) is 1. The van der Waals surface area contributed by atoms with Crippen LogP contribution in [-0.2, 0) is 19.5 Å². The highest BCUT2D eigenvalue weighted by Crippen LogP contribution is 2.40. The third kappa shape index (κ3) is 5.68. The molecule has 2 aliphatic rings. The number of carbonyl (C=O) groups is 1. The molecule has 1 unspecified atom stereocenters. The van der Waals surface area contributed by atoms with Gasteiger partial charge in [-0.3, -0.25) is 4.79 Å². The van der Waals surface area contributed by atoms with Crippen molar-refractivity contribution in [2.45, 2.75) is 38.8 Å². The lowest BCUT2D eigenvalue weighted by molar-refractivity contribution is -0.958. The van der Waals surface area contributed by atoms with E-state index in [1.165, 1.54) is 24.0 Å². The molecular formula is C31H36BrNO3. The molecule has 0 saturated carbocycles. The molecule has 3 aromatic rings.